The van der Waals surface area contributed by atoms with Crippen LogP contribution in [0.4, 0.5) is 0 Å². The predicted octanol–water partition coefficient (Wildman–Crippen LogP) is 5.68. The molecule has 0 atom stereocenters. The zero-order chi connectivity index (χ0) is 24.9. The van der Waals surface area contributed by atoms with Crippen molar-refractivity contribution in [1.29, 1.82) is 0 Å². The molecule has 0 radical (unpaired) electrons. The summed E-state index contributed by atoms with van der Waals surface area (Å²) >= 11 is 0. The summed E-state index contributed by atoms with van der Waals surface area (Å²) < 4.78 is 4.80. The number of hydrogen-bond acceptors (Lipinski definition) is 6. The highest BCUT2D eigenvalue weighted by atomic mass is 16.5. The molecular weight excluding hydrogens is 448 g/mol. The molecule has 4 aromatic rings. The summed E-state index contributed by atoms with van der Waals surface area (Å²) in [5, 5.41) is 0. The molecular formula is C30H30N4O2. The van der Waals surface area contributed by atoms with Gasteiger partial charge in [-0.15, -0.1) is 0 Å². The monoisotopic (exact) mass is 478 g/mol. The Kier molecular flexibility index (Phi) is 7.14. The normalized spacial score (nSPS) is 14.5. The molecule has 0 amide bonds. The largest absolute Gasteiger partial charge is 0.465 e. The number of aromatic nitrogens is 3. The van der Waals surface area contributed by atoms with E-state index in [-0.39, 0.29) is 5.97 Å². The van der Waals surface area contributed by atoms with Gasteiger partial charge in [0.05, 0.1) is 18.4 Å². The van der Waals surface area contributed by atoms with E-state index in [1.54, 1.807) is 12.4 Å². The Balaban J connectivity index is 1.35. The molecule has 0 saturated carbocycles. The maximum absolute atomic E-state index is 11.7. The first-order chi connectivity index (χ1) is 17.6. The second kappa shape index (κ2) is 10.8. The van der Waals surface area contributed by atoms with Crippen LogP contribution in [0.1, 0.15) is 45.9 Å². The van der Waals surface area contributed by atoms with Gasteiger partial charge in [0, 0.05) is 42.2 Å². The minimum atomic E-state index is -0.303. The summed E-state index contributed by atoms with van der Waals surface area (Å²) in [5.41, 5.74) is 7.40. The van der Waals surface area contributed by atoms with Gasteiger partial charge in [-0.2, -0.15) is 0 Å². The molecule has 0 aliphatic carbocycles. The Morgan fingerprint density at radius 2 is 1.75 bits per heavy atom. The van der Waals surface area contributed by atoms with E-state index < -0.39 is 0 Å². The van der Waals surface area contributed by atoms with Crippen LogP contribution in [0, 0.1) is 6.92 Å². The van der Waals surface area contributed by atoms with Gasteiger partial charge in [-0.05, 0) is 68.2 Å². The lowest BCUT2D eigenvalue weighted by atomic mass is 9.88. The Hall–Kier alpha value is -3.90. The summed E-state index contributed by atoms with van der Waals surface area (Å²) in [5.74, 6) is 0.807. The fraction of sp³-hybridized carbons (Fsp3) is 0.267. The number of methoxy groups -OCH3 is 1. The SMILES string of the molecule is COC(=O)c1ccc(CN2CCC(c3nc(-c4ccncc4)ncc3-c3cccc(C)c3)CC2)cc1. The van der Waals surface area contributed by atoms with Gasteiger partial charge in [0.15, 0.2) is 5.82 Å². The smallest absolute Gasteiger partial charge is 0.337 e. The molecule has 36 heavy (non-hydrogen) atoms. The van der Waals surface area contributed by atoms with Crippen molar-refractivity contribution in [3.05, 3.63) is 102 Å². The fourth-order valence-corrected chi connectivity index (χ4v) is 4.87. The number of likely N-dealkylation sites (tertiary alicyclic amines) is 1. The van der Waals surface area contributed by atoms with Gasteiger partial charge in [-0.25, -0.2) is 14.8 Å². The Morgan fingerprint density at radius 1 is 1.00 bits per heavy atom. The minimum absolute atomic E-state index is 0.303. The van der Waals surface area contributed by atoms with E-state index in [9.17, 15) is 4.79 Å². The van der Waals surface area contributed by atoms with Crippen molar-refractivity contribution in [1.82, 2.24) is 19.9 Å². The second-order valence-electron chi connectivity index (χ2n) is 9.34. The lowest BCUT2D eigenvalue weighted by molar-refractivity contribution is 0.0600. The zero-order valence-electron chi connectivity index (χ0n) is 20.7. The fourth-order valence-electron chi connectivity index (χ4n) is 4.87. The zero-order valence-corrected chi connectivity index (χ0v) is 20.7. The van der Waals surface area contributed by atoms with E-state index in [0.717, 1.165) is 55.1 Å². The summed E-state index contributed by atoms with van der Waals surface area (Å²) in [4.78, 5) is 28.1. The average Bonchev–Trinajstić information content (AvgIpc) is 2.93. The lowest BCUT2D eigenvalue weighted by Gasteiger charge is -2.32. The number of rotatable bonds is 6. The first-order valence-corrected chi connectivity index (χ1v) is 12.3. The molecule has 1 fully saturated rings. The van der Waals surface area contributed by atoms with Crippen LogP contribution in [-0.4, -0.2) is 46.0 Å². The van der Waals surface area contributed by atoms with Crippen LogP contribution >= 0.6 is 0 Å². The molecule has 6 nitrogen and oxygen atoms in total. The van der Waals surface area contributed by atoms with E-state index in [4.69, 9.17) is 14.7 Å². The Bertz CT molecular complexity index is 1330. The molecule has 0 bridgehead atoms. The molecule has 2 aromatic heterocycles. The third kappa shape index (κ3) is 5.34. The molecule has 5 rings (SSSR count). The van der Waals surface area contributed by atoms with Gasteiger partial charge in [-0.1, -0.05) is 42.0 Å². The Labute approximate surface area is 212 Å². The van der Waals surface area contributed by atoms with Crippen LogP contribution in [0.15, 0.2) is 79.3 Å². The quantitative estimate of drug-likeness (QED) is 0.332. The van der Waals surface area contributed by atoms with Crippen molar-refractivity contribution in [3.8, 4) is 22.5 Å². The third-order valence-corrected chi connectivity index (χ3v) is 6.84. The number of esters is 1. The number of ether oxygens (including phenoxy) is 1. The highest BCUT2D eigenvalue weighted by Gasteiger charge is 2.25. The number of benzene rings is 2. The molecule has 1 aliphatic rings. The number of aryl methyl sites for hydroxylation is 1. The van der Waals surface area contributed by atoms with E-state index in [2.05, 4.69) is 41.1 Å². The molecule has 2 aromatic carbocycles. The van der Waals surface area contributed by atoms with E-state index >= 15 is 0 Å². The van der Waals surface area contributed by atoms with Gasteiger partial charge in [0.1, 0.15) is 0 Å². The van der Waals surface area contributed by atoms with Crippen LogP contribution in [0.25, 0.3) is 22.5 Å². The number of hydrogen-bond donors (Lipinski definition) is 0. The first-order valence-electron chi connectivity index (χ1n) is 12.3. The summed E-state index contributed by atoms with van der Waals surface area (Å²) in [7, 11) is 1.41. The molecule has 0 unspecified atom stereocenters. The second-order valence-corrected chi connectivity index (χ2v) is 9.34. The minimum Gasteiger partial charge on any atom is -0.465 e. The van der Waals surface area contributed by atoms with Crippen LogP contribution < -0.4 is 0 Å². The molecule has 0 N–H and O–H groups in total. The molecule has 1 saturated heterocycles. The number of carbonyl (C=O) groups excluding carboxylic acids is 1. The van der Waals surface area contributed by atoms with E-state index in [0.29, 0.717) is 11.5 Å². The molecule has 0 spiro atoms. The van der Waals surface area contributed by atoms with Gasteiger partial charge in [-0.3, -0.25) is 9.88 Å². The number of nitrogens with zero attached hydrogens (tertiary/aromatic N) is 4. The van der Waals surface area contributed by atoms with Crippen molar-refractivity contribution in [2.45, 2.75) is 32.2 Å². The maximum Gasteiger partial charge on any atom is 0.337 e. The molecule has 1 aliphatic heterocycles. The lowest BCUT2D eigenvalue weighted by Crippen LogP contribution is -2.33. The highest BCUT2D eigenvalue weighted by molar-refractivity contribution is 5.89. The summed E-state index contributed by atoms with van der Waals surface area (Å²) in [6, 6.07) is 20.2. The van der Waals surface area contributed by atoms with Gasteiger partial charge >= 0.3 is 5.97 Å². The van der Waals surface area contributed by atoms with Crippen molar-refractivity contribution in [3.63, 3.8) is 0 Å². The summed E-state index contributed by atoms with van der Waals surface area (Å²) in [6.45, 7) is 4.97. The van der Waals surface area contributed by atoms with Crippen LogP contribution in [0.2, 0.25) is 0 Å². The van der Waals surface area contributed by atoms with Gasteiger partial charge in [0.25, 0.3) is 0 Å². The van der Waals surface area contributed by atoms with Crippen LogP contribution in [0.5, 0.6) is 0 Å². The standard InChI is InChI=1S/C30H30N4O2/c1-21-4-3-5-26(18-21)27-19-32-29(24-10-14-31-15-11-24)33-28(27)23-12-16-34(17-13-23)20-22-6-8-25(9-7-22)30(35)36-2/h3-11,14-15,18-19,23H,12-13,16-17,20H2,1-2H3. The molecule has 6 heteroatoms. The topological polar surface area (TPSA) is 68.2 Å². The number of pyridine rings is 1. The van der Waals surface area contributed by atoms with E-state index in [1.807, 2.05) is 42.6 Å². The van der Waals surface area contributed by atoms with Crippen molar-refractivity contribution in [2.75, 3.05) is 20.2 Å². The van der Waals surface area contributed by atoms with Crippen molar-refractivity contribution >= 4 is 5.97 Å². The highest BCUT2D eigenvalue weighted by Crippen LogP contribution is 2.35. The maximum atomic E-state index is 11.7. The molecule has 182 valence electrons. The first kappa shape index (κ1) is 23.8. The molecule has 3 heterocycles. The van der Waals surface area contributed by atoms with Crippen LogP contribution in [0.3, 0.4) is 0 Å². The third-order valence-electron chi connectivity index (χ3n) is 6.84. The van der Waals surface area contributed by atoms with Crippen molar-refractivity contribution in [2.24, 2.45) is 0 Å². The summed E-state index contributed by atoms with van der Waals surface area (Å²) in [6.07, 6.45) is 7.62. The van der Waals surface area contributed by atoms with E-state index in [1.165, 1.54) is 23.8 Å². The average molecular weight is 479 g/mol. The van der Waals surface area contributed by atoms with Crippen LogP contribution in [-0.2, 0) is 11.3 Å². The predicted molar refractivity (Wildman–Crippen MR) is 140 cm³/mol. The van der Waals surface area contributed by atoms with Gasteiger partial charge < -0.3 is 4.74 Å². The number of piperidine rings is 1. The Morgan fingerprint density at radius 3 is 2.44 bits per heavy atom. The van der Waals surface area contributed by atoms with Crippen molar-refractivity contribution < 1.29 is 9.53 Å². The van der Waals surface area contributed by atoms with Gasteiger partial charge in [0.2, 0.25) is 0 Å². The number of carbonyl (C=O) groups is 1.